The van der Waals surface area contributed by atoms with Crippen molar-refractivity contribution in [2.75, 3.05) is 24.9 Å². The van der Waals surface area contributed by atoms with Crippen molar-refractivity contribution in [1.29, 1.82) is 0 Å². The Balaban J connectivity index is 1.65. The molecule has 1 amide bonds. The summed E-state index contributed by atoms with van der Waals surface area (Å²) in [5.41, 5.74) is -1.40. The first kappa shape index (κ1) is 26.5. The van der Waals surface area contributed by atoms with Gasteiger partial charge in [-0.1, -0.05) is 17.7 Å². The van der Waals surface area contributed by atoms with Crippen molar-refractivity contribution in [3.05, 3.63) is 64.3 Å². The third kappa shape index (κ3) is 5.41. The van der Waals surface area contributed by atoms with Crippen LogP contribution >= 0.6 is 11.6 Å². The lowest BCUT2D eigenvalue weighted by molar-refractivity contribution is -0.173. The summed E-state index contributed by atoms with van der Waals surface area (Å²) in [6, 6.07) is 5.17. The zero-order chi connectivity index (χ0) is 27.1. The zero-order valence-electron chi connectivity index (χ0n) is 19.2. The number of carbonyl (C=O) groups is 1. The number of hydrogen-bond donors (Lipinski definition) is 2. The fraction of sp³-hybridized carbons (Fsp3) is 0.304. The van der Waals surface area contributed by atoms with E-state index < -0.39 is 48.0 Å². The summed E-state index contributed by atoms with van der Waals surface area (Å²) >= 11 is 5.91. The average molecular weight is 549 g/mol. The van der Waals surface area contributed by atoms with Crippen LogP contribution < -0.4 is 20.1 Å². The number of carbonyl (C=O) groups excluding carboxylic acids is 1. The molecule has 2 aromatic carbocycles. The van der Waals surface area contributed by atoms with Crippen molar-refractivity contribution >= 4 is 29.0 Å². The molecule has 2 heterocycles. The van der Waals surface area contributed by atoms with Crippen LogP contribution in [0.4, 0.5) is 37.8 Å². The zero-order valence-corrected chi connectivity index (χ0v) is 19.9. The standard InChI is InChI=1S/C23H19ClF6N4O3/c1-36-17-6-3-11(7-18(17)37-2)14-9-19(23(28,29)30)34-20(31-14)10-16(33-34)21(35)32-15-8-12(22(25,26)27)4-5-13(15)24/h3-8,10,14,19,31H,9H2,1-2H3,(H,32,35)/t14-,19+/m0/s1. The number of amides is 1. The smallest absolute Gasteiger partial charge is 0.416 e. The fourth-order valence-corrected chi connectivity index (χ4v) is 4.12. The predicted molar refractivity (Wildman–Crippen MR) is 122 cm³/mol. The van der Waals surface area contributed by atoms with Crippen LogP contribution in [-0.2, 0) is 6.18 Å². The van der Waals surface area contributed by atoms with E-state index in [1.807, 2.05) is 0 Å². The number of methoxy groups -OCH3 is 2. The van der Waals surface area contributed by atoms with Crippen molar-refractivity contribution in [2.24, 2.45) is 0 Å². The minimum atomic E-state index is -4.71. The fourth-order valence-electron chi connectivity index (χ4n) is 3.96. The first-order valence-electron chi connectivity index (χ1n) is 10.6. The minimum absolute atomic E-state index is 0.103. The van der Waals surface area contributed by atoms with E-state index in [4.69, 9.17) is 21.1 Å². The van der Waals surface area contributed by atoms with E-state index in [0.29, 0.717) is 27.8 Å². The van der Waals surface area contributed by atoms with Gasteiger partial charge in [-0.25, -0.2) is 4.68 Å². The maximum Gasteiger partial charge on any atom is 0.416 e. The lowest BCUT2D eigenvalue weighted by atomic mass is 9.96. The van der Waals surface area contributed by atoms with E-state index in [0.717, 1.165) is 18.2 Å². The average Bonchev–Trinajstić information content (AvgIpc) is 3.27. The van der Waals surface area contributed by atoms with Gasteiger partial charge >= 0.3 is 12.4 Å². The summed E-state index contributed by atoms with van der Waals surface area (Å²) in [5.74, 6) is -0.420. The highest BCUT2D eigenvalue weighted by atomic mass is 35.5. The van der Waals surface area contributed by atoms with Gasteiger partial charge in [0.15, 0.2) is 23.2 Å². The molecule has 1 aliphatic heterocycles. The molecule has 0 fully saturated rings. The lowest BCUT2D eigenvalue weighted by Gasteiger charge is -2.33. The van der Waals surface area contributed by atoms with E-state index in [-0.39, 0.29) is 16.5 Å². The number of ether oxygens (including phenoxy) is 2. The Labute approximate surface area is 211 Å². The van der Waals surface area contributed by atoms with E-state index in [1.165, 1.54) is 14.2 Å². The van der Waals surface area contributed by atoms with Crippen molar-refractivity contribution in [2.45, 2.75) is 30.9 Å². The van der Waals surface area contributed by atoms with Crippen LogP contribution in [0, 0.1) is 0 Å². The third-order valence-corrected chi connectivity index (χ3v) is 6.10. The van der Waals surface area contributed by atoms with E-state index in [2.05, 4.69) is 15.7 Å². The minimum Gasteiger partial charge on any atom is -0.493 e. The van der Waals surface area contributed by atoms with Crippen LogP contribution in [0.5, 0.6) is 11.5 Å². The molecule has 0 saturated carbocycles. The Morgan fingerprint density at radius 2 is 1.76 bits per heavy atom. The van der Waals surface area contributed by atoms with Crippen molar-refractivity contribution in [1.82, 2.24) is 9.78 Å². The van der Waals surface area contributed by atoms with Crippen LogP contribution in [0.3, 0.4) is 0 Å². The quantitative estimate of drug-likeness (QED) is 0.357. The highest BCUT2D eigenvalue weighted by Crippen LogP contribution is 2.45. The molecular formula is C23H19ClF6N4O3. The third-order valence-electron chi connectivity index (χ3n) is 5.77. The monoisotopic (exact) mass is 548 g/mol. The summed E-state index contributed by atoms with van der Waals surface area (Å²) in [5, 5.41) is 8.73. The van der Waals surface area contributed by atoms with Gasteiger partial charge in [-0.3, -0.25) is 4.79 Å². The Hall–Kier alpha value is -3.61. The highest BCUT2D eigenvalue weighted by molar-refractivity contribution is 6.33. The van der Waals surface area contributed by atoms with E-state index >= 15 is 0 Å². The van der Waals surface area contributed by atoms with Gasteiger partial charge in [-0.05, 0) is 35.9 Å². The van der Waals surface area contributed by atoms with Gasteiger partial charge in [0.2, 0.25) is 0 Å². The summed E-state index contributed by atoms with van der Waals surface area (Å²) in [6.07, 6.45) is -9.86. The Morgan fingerprint density at radius 1 is 1.05 bits per heavy atom. The summed E-state index contributed by atoms with van der Waals surface area (Å²) in [4.78, 5) is 12.7. The number of hydrogen-bond acceptors (Lipinski definition) is 5. The largest absolute Gasteiger partial charge is 0.493 e. The van der Waals surface area contributed by atoms with Crippen LogP contribution in [0.1, 0.15) is 40.1 Å². The van der Waals surface area contributed by atoms with E-state index in [1.54, 1.807) is 18.2 Å². The number of alkyl halides is 6. The maximum atomic E-state index is 14.0. The second-order valence-electron chi connectivity index (χ2n) is 8.11. The van der Waals surface area contributed by atoms with Crippen molar-refractivity contribution in [3.8, 4) is 11.5 Å². The molecule has 2 atom stereocenters. The number of aromatic nitrogens is 2. The van der Waals surface area contributed by atoms with Crippen LogP contribution in [0.25, 0.3) is 0 Å². The molecule has 4 rings (SSSR count). The van der Waals surface area contributed by atoms with Gasteiger partial charge < -0.3 is 20.1 Å². The molecule has 0 unspecified atom stereocenters. The van der Waals surface area contributed by atoms with Crippen LogP contribution in [-0.4, -0.2) is 36.1 Å². The van der Waals surface area contributed by atoms with Crippen molar-refractivity contribution in [3.63, 3.8) is 0 Å². The van der Waals surface area contributed by atoms with Gasteiger partial charge in [-0.2, -0.15) is 31.4 Å². The first-order chi connectivity index (χ1) is 17.3. The lowest BCUT2D eigenvalue weighted by Crippen LogP contribution is -2.35. The predicted octanol–water partition coefficient (Wildman–Crippen LogP) is 6.49. The van der Waals surface area contributed by atoms with Crippen LogP contribution in [0.2, 0.25) is 5.02 Å². The Bertz CT molecular complexity index is 1320. The normalized spacial score (nSPS) is 17.5. The molecule has 14 heteroatoms. The van der Waals surface area contributed by atoms with Gasteiger partial charge in [0.05, 0.1) is 36.5 Å². The summed E-state index contributed by atoms with van der Waals surface area (Å²) < 4.78 is 92.1. The van der Waals surface area contributed by atoms with Crippen molar-refractivity contribution < 1.29 is 40.6 Å². The maximum absolute atomic E-state index is 14.0. The second kappa shape index (κ2) is 9.69. The molecule has 198 valence electrons. The Morgan fingerprint density at radius 3 is 2.38 bits per heavy atom. The molecule has 0 aliphatic carbocycles. The number of nitrogens with one attached hydrogen (secondary N) is 2. The first-order valence-corrected chi connectivity index (χ1v) is 11.0. The number of halogens is 7. The summed E-state index contributed by atoms with van der Waals surface area (Å²) in [6.45, 7) is 0. The number of anilines is 2. The second-order valence-corrected chi connectivity index (χ2v) is 8.52. The molecule has 0 radical (unpaired) electrons. The number of fused-ring (bicyclic) bond motifs is 1. The molecule has 7 nitrogen and oxygen atoms in total. The molecule has 3 aromatic rings. The van der Waals surface area contributed by atoms with Gasteiger partial charge in [0.1, 0.15) is 5.82 Å². The number of nitrogens with zero attached hydrogens (tertiary/aromatic N) is 2. The van der Waals surface area contributed by atoms with Gasteiger partial charge in [0.25, 0.3) is 5.91 Å². The van der Waals surface area contributed by atoms with Crippen LogP contribution in [0.15, 0.2) is 42.5 Å². The molecule has 1 aliphatic rings. The molecule has 37 heavy (non-hydrogen) atoms. The topological polar surface area (TPSA) is 77.4 Å². The van der Waals surface area contributed by atoms with Gasteiger partial charge in [-0.15, -0.1) is 0 Å². The number of benzene rings is 2. The Kier molecular flexibility index (Phi) is 6.93. The molecule has 0 saturated heterocycles. The molecule has 0 spiro atoms. The molecule has 0 bridgehead atoms. The van der Waals surface area contributed by atoms with Gasteiger partial charge in [0, 0.05) is 12.5 Å². The molecule has 2 N–H and O–H groups in total. The number of rotatable bonds is 5. The summed E-state index contributed by atoms with van der Waals surface area (Å²) in [7, 11) is 2.82. The molecular weight excluding hydrogens is 530 g/mol. The molecule has 1 aromatic heterocycles. The van der Waals surface area contributed by atoms with E-state index in [9.17, 15) is 31.1 Å². The SMILES string of the molecule is COc1ccc([C@@H]2C[C@H](C(F)(F)F)n3nc(C(=O)Nc4cc(C(F)(F)F)ccc4Cl)cc3N2)cc1OC. The highest BCUT2D eigenvalue weighted by Gasteiger charge is 2.47.